The quantitative estimate of drug-likeness (QED) is 0.623. The molecule has 0 spiro atoms. The van der Waals surface area contributed by atoms with E-state index in [9.17, 15) is 4.79 Å². The normalized spacial score (nSPS) is 9.90. The number of nitrogens with one attached hydrogen (secondary N) is 1. The molecule has 1 heterocycles. The molecule has 3 heteroatoms. The molecular weight excluding hydrogens is 150 g/mol. The highest BCUT2D eigenvalue weighted by Crippen LogP contribution is 2.19. The Morgan fingerprint density at radius 2 is 2.30 bits per heavy atom. The van der Waals surface area contributed by atoms with Gasteiger partial charge in [0.25, 0.3) is 0 Å². The molecule has 1 rings (SSSR count). The van der Waals surface area contributed by atoms with Gasteiger partial charge in [-0.2, -0.15) is 0 Å². The topological polar surface area (TPSA) is 32.9 Å². The standard InChI is InChI=1S/C7H8ClNO/c1-4-3-9-7(5(2)10)6(4)8/h3,9H,1-2H3. The molecule has 0 saturated carbocycles. The molecular formula is C7H8ClNO. The summed E-state index contributed by atoms with van der Waals surface area (Å²) in [6.07, 6.45) is 1.72. The maximum atomic E-state index is 10.8. The van der Waals surface area contributed by atoms with Crippen LogP contribution in [0.5, 0.6) is 0 Å². The highest BCUT2D eigenvalue weighted by Gasteiger charge is 2.08. The zero-order valence-corrected chi connectivity index (χ0v) is 6.62. The van der Waals surface area contributed by atoms with Crippen molar-refractivity contribution in [1.29, 1.82) is 0 Å². The SMILES string of the molecule is CC(=O)c1[nH]cc(C)c1Cl. The summed E-state index contributed by atoms with van der Waals surface area (Å²) in [5, 5.41) is 0.535. The number of halogens is 1. The lowest BCUT2D eigenvalue weighted by molar-refractivity contribution is 0.101. The number of aromatic amines is 1. The Kier molecular flexibility index (Phi) is 1.81. The highest BCUT2D eigenvalue weighted by molar-refractivity contribution is 6.34. The van der Waals surface area contributed by atoms with Crippen molar-refractivity contribution in [3.63, 3.8) is 0 Å². The predicted octanol–water partition coefficient (Wildman–Crippen LogP) is 2.18. The van der Waals surface area contributed by atoms with Crippen LogP contribution in [0.25, 0.3) is 0 Å². The first-order valence-electron chi connectivity index (χ1n) is 2.97. The Morgan fingerprint density at radius 3 is 2.50 bits per heavy atom. The zero-order chi connectivity index (χ0) is 7.72. The van der Waals surface area contributed by atoms with Crippen LogP contribution < -0.4 is 0 Å². The van der Waals surface area contributed by atoms with Crippen molar-refractivity contribution < 1.29 is 4.79 Å². The minimum Gasteiger partial charge on any atom is -0.357 e. The summed E-state index contributed by atoms with van der Waals surface area (Å²) < 4.78 is 0. The van der Waals surface area contributed by atoms with Gasteiger partial charge in [-0.25, -0.2) is 0 Å². The van der Waals surface area contributed by atoms with Crippen molar-refractivity contribution >= 4 is 17.4 Å². The van der Waals surface area contributed by atoms with Gasteiger partial charge in [0, 0.05) is 13.1 Å². The smallest absolute Gasteiger partial charge is 0.177 e. The molecule has 0 bridgehead atoms. The van der Waals surface area contributed by atoms with Crippen molar-refractivity contribution in [2.45, 2.75) is 13.8 Å². The Bertz CT molecular complexity index is 265. The number of carbonyl (C=O) groups excluding carboxylic acids is 1. The summed E-state index contributed by atoms with van der Waals surface area (Å²) in [5.41, 5.74) is 1.41. The van der Waals surface area contributed by atoms with E-state index < -0.39 is 0 Å². The van der Waals surface area contributed by atoms with Crippen LogP contribution in [0, 0.1) is 6.92 Å². The molecule has 10 heavy (non-hydrogen) atoms. The van der Waals surface area contributed by atoms with Crippen LogP contribution in [0.15, 0.2) is 6.20 Å². The molecule has 0 unspecified atom stereocenters. The molecule has 0 saturated heterocycles. The van der Waals surface area contributed by atoms with Crippen molar-refractivity contribution in [2.75, 3.05) is 0 Å². The first-order valence-corrected chi connectivity index (χ1v) is 3.35. The van der Waals surface area contributed by atoms with Crippen LogP contribution in [0.2, 0.25) is 5.02 Å². The minimum atomic E-state index is -0.0295. The molecule has 2 nitrogen and oxygen atoms in total. The molecule has 0 aliphatic rings. The van der Waals surface area contributed by atoms with Crippen LogP contribution >= 0.6 is 11.6 Å². The van der Waals surface area contributed by atoms with Crippen LogP contribution in [0.3, 0.4) is 0 Å². The summed E-state index contributed by atoms with van der Waals surface area (Å²) in [6, 6.07) is 0. The van der Waals surface area contributed by atoms with Gasteiger partial charge < -0.3 is 4.98 Å². The maximum absolute atomic E-state index is 10.8. The summed E-state index contributed by atoms with van der Waals surface area (Å²) in [5.74, 6) is -0.0295. The zero-order valence-electron chi connectivity index (χ0n) is 5.86. The third-order valence-corrected chi connectivity index (χ3v) is 1.84. The van der Waals surface area contributed by atoms with Crippen LogP contribution in [0.4, 0.5) is 0 Å². The number of hydrogen-bond acceptors (Lipinski definition) is 1. The maximum Gasteiger partial charge on any atom is 0.177 e. The largest absolute Gasteiger partial charge is 0.357 e. The lowest BCUT2D eigenvalue weighted by atomic mass is 10.3. The van der Waals surface area contributed by atoms with E-state index in [4.69, 9.17) is 11.6 Å². The van der Waals surface area contributed by atoms with E-state index in [-0.39, 0.29) is 5.78 Å². The molecule has 0 amide bonds. The monoisotopic (exact) mass is 157 g/mol. The molecule has 54 valence electrons. The number of hydrogen-bond donors (Lipinski definition) is 1. The molecule has 0 aliphatic heterocycles. The van der Waals surface area contributed by atoms with E-state index in [0.29, 0.717) is 10.7 Å². The Morgan fingerprint density at radius 1 is 1.70 bits per heavy atom. The van der Waals surface area contributed by atoms with Gasteiger partial charge in [-0.1, -0.05) is 11.6 Å². The van der Waals surface area contributed by atoms with Crippen LogP contribution in [-0.2, 0) is 0 Å². The third kappa shape index (κ3) is 1.07. The second kappa shape index (κ2) is 2.46. The predicted molar refractivity (Wildman–Crippen MR) is 40.5 cm³/mol. The molecule has 1 N–H and O–H groups in total. The molecule has 0 aromatic carbocycles. The summed E-state index contributed by atoms with van der Waals surface area (Å²) in [4.78, 5) is 13.6. The number of H-pyrrole nitrogens is 1. The first-order chi connectivity index (χ1) is 4.63. The molecule has 0 atom stereocenters. The Balaban J connectivity index is 3.17. The van der Waals surface area contributed by atoms with Gasteiger partial charge in [0.2, 0.25) is 0 Å². The van der Waals surface area contributed by atoms with Crippen molar-refractivity contribution in [2.24, 2.45) is 0 Å². The van der Waals surface area contributed by atoms with Crippen molar-refractivity contribution in [3.8, 4) is 0 Å². The fourth-order valence-corrected chi connectivity index (χ4v) is 1.00. The Labute approximate surface area is 64.2 Å². The van der Waals surface area contributed by atoms with Crippen LogP contribution in [-0.4, -0.2) is 10.8 Å². The van der Waals surface area contributed by atoms with E-state index in [1.54, 1.807) is 6.20 Å². The third-order valence-electron chi connectivity index (χ3n) is 1.35. The van der Waals surface area contributed by atoms with E-state index >= 15 is 0 Å². The van der Waals surface area contributed by atoms with Gasteiger partial charge in [-0.05, 0) is 12.5 Å². The molecule has 1 aromatic heterocycles. The summed E-state index contributed by atoms with van der Waals surface area (Å²) in [6.45, 7) is 3.34. The van der Waals surface area contributed by atoms with Gasteiger partial charge in [0.15, 0.2) is 5.78 Å². The van der Waals surface area contributed by atoms with E-state index in [1.807, 2.05) is 6.92 Å². The number of aromatic nitrogens is 1. The lowest BCUT2D eigenvalue weighted by Crippen LogP contribution is -1.91. The fraction of sp³-hybridized carbons (Fsp3) is 0.286. The number of Topliss-reactive ketones (excluding diaryl/α,β-unsaturated/α-hetero) is 1. The van der Waals surface area contributed by atoms with Crippen molar-refractivity contribution in [1.82, 2.24) is 4.98 Å². The Hall–Kier alpha value is -0.760. The second-order valence-corrected chi connectivity index (χ2v) is 2.59. The van der Waals surface area contributed by atoms with Gasteiger partial charge in [-0.3, -0.25) is 4.79 Å². The van der Waals surface area contributed by atoms with E-state index in [0.717, 1.165) is 5.56 Å². The summed E-state index contributed by atoms with van der Waals surface area (Å²) in [7, 11) is 0. The van der Waals surface area contributed by atoms with Gasteiger partial charge in [0.1, 0.15) is 5.69 Å². The number of rotatable bonds is 1. The number of aryl methyl sites for hydroxylation is 1. The number of carbonyl (C=O) groups is 1. The minimum absolute atomic E-state index is 0.0295. The first kappa shape index (κ1) is 7.35. The highest BCUT2D eigenvalue weighted by atomic mass is 35.5. The fourth-order valence-electron chi connectivity index (χ4n) is 0.760. The van der Waals surface area contributed by atoms with E-state index in [1.165, 1.54) is 6.92 Å². The number of ketones is 1. The average molecular weight is 158 g/mol. The van der Waals surface area contributed by atoms with E-state index in [2.05, 4.69) is 4.98 Å². The molecule has 0 fully saturated rings. The van der Waals surface area contributed by atoms with Crippen LogP contribution in [0.1, 0.15) is 23.0 Å². The summed E-state index contributed by atoms with van der Waals surface area (Å²) >= 11 is 5.75. The van der Waals surface area contributed by atoms with Gasteiger partial charge in [-0.15, -0.1) is 0 Å². The molecule has 0 aliphatic carbocycles. The van der Waals surface area contributed by atoms with Crippen molar-refractivity contribution in [3.05, 3.63) is 22.5 Å². The molecule has 0 radical (unpaired) electrons. The second-order valence-electron chi connectivity index (χ2n) is 2.22. The lowest BCUT2D eigenvalue weighted by Gasteiger charge is -1.89. The van der Waals surface area contributed by atoms with Gasteiger partial charge >= 0.3 is 0 Å². The van der Waals surface area contributed by atoms with Gasteiger partial charge in [0.05, 0.1) is 5.02 Å². The average Bonchev–Trinajstić information content (AvgIpc) is 2.14. The molecule has 1 aromatic rings.